The van der Waals surface area contributed by atoms with Gasteiger partial charge in [-0.05, 0) is 12.1 Å². The maximum Gasteiger partial charge on any atom is 0.624 e. The number of rotatable bonds is 3. The van der Waals surface area contributed by atoms with Crippen molar-refractivity contribution >= 4 is 24.2 Å². The van der Waals surface area contributed by atoms with Crippen LogP contribution in [-0.4, -0.2) is 33.3 Å². The van der Waals surface area contributed by atoms with Crippen molar-refractivity contribution < 1.29 is 18.9 Å². The van der Waals surface area contributed by atoms with Crippen LogP contribution in [0.15, 0.2) is 60.7 Å². The second kappa shape index (κ2) is 5.73. The summed E-state index contributed by atoms with van der Waals surface area (Å²) in [5, 5.41) is 8.66. The first-order chi connectivity index (χ1) is 13.2. The minimum Gasteiger partial charge on any atom is -0.608 e. The molecule has 0 radical (unpaired) electrons. The Bertz CT molecular complexity index is 1020. The largest absolute Gasteiger partial charge is 0.624 e. The number of carbonyl (C=O) groups is 2. The van der Waals surface area contributed by atoms with Crippen molar-refractivity contribution in [1.29, 1.82) is 0 Å². The van der Waals surface area contributed by atoms with Crippen LogP contribution in [-0.2, 0) is 18.9 Å². The Hall–Kier alpha value is -3.55. The Kier molecular flexibility index (Phi) is 3.33. The van der Waals surface area contributed by atoms with E-state index in [9.17, 15) is 9.59 Å². The molecule has 3 aromatic rings. The molecule has 2 saturated heterocycles. The molecule has 0 saturated carbocycles. The number of hydrogen-bond donors (Lipinski definition) is 0. The maximum absolute atomic E-state index is 12.0. The second-order valence-electron chi connectivity index (χ2n) is 6.62. The van der Waals surface area contributed by atoms with Crippen LogP contribution in [0, 0.1) is 5.82 Å². The van der Waals surface area contributed by atoms with E-state index >= 15 is 0 Å². The van der Waals surface area contributed by atoms with E-state index in [-0.39, 0.29) is 12.8 Å². The van der Waals surface area contributed by atoms with Crippen molar-refractivity contribution in [2.75, 3.05) is 0 Å². The van der Waals surface area contributed by atoms with Crippen LogP contribution >= 0.6 is 0 Å². The summed E-state index contributed by atoms with van der Waals surface area (Å²) >= 11 is 0. The molecular weight excluding hydrogens is 345 g/mol. The molecule has 132 valence electrons. The molecule has 0 atom stereocenters. The highest BCUT2D eigenvalue weighted by atomic mass is 16.7. The van der Waals surface area contributed by atoms with Gasteiger partial charge in [-0.2, -0.15) is 5.10 Å². The maximum atomic E-state index is 12.0. The lowest BCUT2D eigenvalue weighted by Crippen LogP contribution is -2.56. The predicted molar refractivity (Wildman–Crippen MR) is 96.8 cm³/mol. The van der Waals surface area contributed by atoms with Crippen LogP contribution in [0.25, 0.3) is 17.1 Å². The van der Waals surface area contributed by atoms with E-state index in [0.29, 0.717) is 17.4 Å². The van der Waals surface area contributed by atoms with Crippen molar-refractivity contribution in [2.45, 2.75) is 12.8 Å². The van der Waals surface area contributed by atoms with E-state index in [1.165, 1.54) is 0 Å². The third kappa shape index (κ3) is 2.33. The van der Waals surface area contributed by atoms with Gasteiger partial charge in [-0.25, -0.2) is 0 Å². The average Bonchev–Trinajstić information content (AvgIpc) is 3.33. The van der Waals surface area contributed by atoms with E-state index in [4.69, 9.17) is 9.31 Å². The third-order valence-corrected chi connectivity index (χ3v) is 4.95. The standard InChI is InChI=1S/C19H14BN3O4/c24-16-11-14-12-17(25)27-20(14,26-16)19-22-21-18(13-7-3-1-4-8-13)23(19)15-9-5-2-6-10-15/h1-10H,11-12H2. The zero-order valence-electron chi connectivity index (χ0n) is 14.2. The molecular formula is C19H14BN3O4. The summed E-state index contributed by atoms with van der Waals surface area (Å²) in [6.07, 6.45) is 0.127. The van der Waals surface area contributed by atoms with Crippen LogP contribution in [0.5, 0.6) is 0 Å². The molecule has 0 amide bonds. The van der Waals surface area contributed by atoms with E-state index in [1.54, 1.807) is 4.57 Å². The molecule has 2 aliphatic heterocycles. The van der Waals surface area contributed by atoms with Gasteiger partial charge in [0.25, 0.3) is 0 Å². The molecule has 2 fully saturated rings. The minimum atomic E-state index is -2.43. The van der Waals surface area contributed by atoms with Crippen LogP contribution in [0.1, 0.15) is 12.8 Å². The Morgan fingerprint density at radius 3 is 2.07 bits per heavy atom. The molecule has 0 aliphatic carbocycles. The monoisotopic (exact) mass is 359 g/mol. The molecule has 1 aromatic heterocycles. The van der Waals surface area contributed by atoms with E-state index in [0.717, 1.165) is 11.3 Å². The Morgan fingerprint density at radius 1 is 0.852 bits per heavy atom. The molecule has 2 aromatic carbocycles. The number of benzene rings is 2. The molecule has 5 rings (SSSR count). The fourth-order valence-corrected chi connectivity index (χ4v) is 3.78. The molecule has 0 N–H and O–H groups in total. The highest BCUT2D eigenvalue weighted by Crippen LogP contribution is 2.40. The molecule has 3 heterocycles. The van der Waals surface area contributed by atoms with Crippen LogP contribution in [0.4, 0.5) is 0 Å². The van der Waals surface area contributed by atoms with Gasteiger partial charge in [-0.1, -0.05) is 48.5 Å². The molecule has 8 heteroatoms. The normalized spacial score (nSPS) is 17.6. The zero-order chi connectivity index (χ0) is 18.4. The lowest BCUT2D eigenvalue weighted by atomic mass is 9.48. The smallest absolute Gasteiger partial charge is 0.608 e. The van der Waals surface area contributed by atoms with Gasteiger partial charge in [0.1, 0.15) is 18.6 Å². The summed E-state index contributed by atoms with van der Waals surface area (Å²) in [6.45, 7) is -2.43. The number of para-hydroxylation sites is 1. The van der Waals surface area contributed by atoms with Crippen LogP contribution in [0.2, 0.25) is 0 Å². The van der Waals surface area contributed by atoms with Gasteiger partial charge in [-0.3, -0.25) is 9.59 Å². The number of nitrogens with zero attached hydrogens (tertiary/aromatic N) is 3. The number of fused-ring (bicyclic) bond motifs is 1. The van der Waals surface area contributed by atoms with Gasteiger partial charge in [-0.15, -0.1) is 5.10 Å². The van der Waals surface area contributed by atoms with Gasteiger partial charge in [0.2, 0.25) is 0 Å². The average molecular weight is 359 g/mol. The van der Waals surface area contributed by atoms with Gasteiger partial charge >= 0.3 is 18.5 Å². The summed E-state index contributed by atoms with van der Waals surface area (Å²) in [5.74, 6) is 0.371. The minimum absolute atomic E-state index is 0.0636. The van der Waals surface area contributed by atoms with Crippen molar-refractivity contribution in [2.24, 2.45) is 0 Å². The number of hydrogen-bond acceptors (Lipinski definition) is 6. The summed E-state index contributed by atoms with van der Waals surface area (Å²) in [5.41, 5.74) is 1.96. The summed E-state index contributed by atoms with van der Waals surface area (Å²) < 4.78 is 12.9. The SMILES string of the molecule is O=C1C[C+]2CC(=O)O[B-]2(c2nnc(-c3ccccc3)n2-c2ccccc2)O1. The lowest BCUT2D eigenvalue weighted by Gasteiger charge is -2.25. The fraction of sp³-hybridized carbons (Fsp3) is 0.105. The summed E-state index contributed by atoms with van der Waals surface area (Å²) in [4.78, 5) is 24.0. The quantitative estimate of drug-likeness (QED) is 0.522. The first-order valence-electron chi connectivity index (χ1n) is 8.67. The van der Waals surface area contributed by atoms with E-state index < -0.39 is 18.5 Å². The van der Waals surface area contributed by atoms with Crippen LogP contribution < -0.4 is 5.72 Å². The van der Waals surface area contributed by atoms with Gasteiger partial charge in [0, 0.05) is 17.1 Å². The van der Waals surface area contributed by atoms with Crippen LogP contribution in [0.3, 0.4) is 0 Å². The number of carbonyl (C=O) groups excluding carboxylic acids is 2. The first kappa shape index (κ1) is 15.7. The van der Waals surface area contributed by atoms with Crippen molar-refractivity contribution in [3.05, 3.63) is 66.5 Å². The van der Waals surface area contributed by atoms with E-state index in [1.807, 2.05) is 60.7 Å². The molecule has 7 nitrogen and oxygen atoms in total. The predicted octanol–water partition coefficient (Wildman–Crippen LogP) is 1.59. The van der Waals surface area contributed by atoms with Gasteiger partial charge in [0.05, 0.1) is 0 Å². The zero-order valence-corrected chi connectivity index (χ0v) is 14.2. The topological polar surface area (TPSA) is 83.3 Å². The van der Waals surface area contributed by atoms with Gasteiger partial charge < -0.3 is 13.9 Å². The molecule has 0 bridgehead atoms. The highest BCUT2D eigenvalue weighted by Gasteiger charge is 2.68. The summed E-state index contributed by atoms with van der Waals surface area (Å²) in [6, 6.07) is 19.1. The lowest BCUT2D eigenvalue weighted by molar-refractivity contribution is -0.138. The highest BCUT2D eigenvalue weighted by molar-refractivity contribution is 6.90. The fourth-order valence-electron chi connectivity index (χ4n) is 3.78. The second-order valence-corrected chi connectivity index (χ2v) is 6.62. The molecule has 2 aliphatic rings. The molecule has 27 heavy (non-hydrogen) atoms. The van der Waals surface area contributed by atoms with Crippen molar-refractivity contribution in [3.63, 3.8) is 0 Å². The van der Waals surface area contributed by atoms with Gasteiger partial charge in [0.15, 0.2) is 5.82 Å². The molecule has 0 spiro atoms. The number of aromatic nitrogens is 3. The Morgan fingerprint density at radius 2 is 1.44 bits per heavy atom. The van der Waals surface area contributed by atoms with Crippen molar-refractivity contribution in [3.8, 4) is 17.1 Å². The summed E-state index contributed by atoms with van der Waals surface area (Å²) in [7, 11) is 0. The van der Waals surface area contributed by atoms with E-state index in [2.05, 4.69) is 10.2 Å². The third-order valence-electron chi connectivity index (χ3n) is 4.95. The Labute approximate surface area is 154 Å². The van der Waals surface area contributed by atoms with Crippen molar-refractivity contribution in [1.82, 2.24) is 14.8 Å². The first-order valence-corrected chi connectivity index (χ1v) is 8.67. The molecule has 0 unspecified atom stereocenters. The Balaban J connectivity index is 1.76.